The van der Waals surface area contributed by atoms with Crippen LogP contribution in [-0.2, 0) is 4.74 Å². The molecule has 1 aromatic rings. The molecule has 0 saturated carbocycles. The first-order valence-corrected chi connectivity index (χ1v) is 7.67. The van der Waals surface area contributed by atoms with E-state index in [9.17, 15) is 4.79 Å². The molecule has 2 fully saturated rings. The second-order valence-electron chi connectivity index (χ2n) is 5.38. The van der Waals surface area contributed by atoms with Crippen LogP contribution in [0.25, 0.3) is 0 Å². The lowest BCUT2D eigenvalue weighted by molar-refractivity contribution is -0.0870. The monoisotopic (exact) mass is 339 g/mol. The topological polar surface area (TPSA) is 45.7 Å². The summed E-state index contributed by atoms with van der Waals surface area (Å²) in [5.41, 5.74) is 0.675. The molecular weight excluding hydrogens is 322 g/mol. The minimum atomic E-state index is 0.0628. The average Bonchev–Trinajstić information content (AvgIpc) is 2.46. The minimum absolute atomic E-state index is 0.0628. The van der Waals surface area contributed by atoms with Crippen molar-refractivity contribution in [2.75, 3.05) is 33.3 Å². The van der Waals surface area contributed by atoms with Crippen LogP contribution in [0.2, 0.25) is 0 Å². The van der Waals surface area contributed by atoms with Crippen molar-refractivity contribution in [3.63, 3.8) is 0 Å². The van der Waals surface area contributed by atoms with Gasteiger partial charge >= 0.3 is 0 Å². The number of halogens is 1. The Morgan fingerprint density at radius 2 is 2.35 bits per heavy atom. The number of likely N-dealkylation sites (N-methyl/N-ethyl adjacent to an activating group) is 1. The van der Waals surface area contributed by atoms with Crippen molar-refractivity contribution >= 4 is 21.8 Å². The molecule has 2 aliphatic rings. The van der Waals surface area contributed by atoms with E-state index in [-0.39, 0.29) is 18.1 Å². The maximum atomic E-state index is 12.8. The van der Waals surface area contributed by atoms with Gasteiger partial charge in [0, 0.05) is 36.5 Å². The van der Waals surface area contributed by atoms with E-state index >= 15 is 0 Å². The quantitative estimate of drug-likeness (QED) is 0.775. The third-order valence-corrected chi connectivity index (χ3v) is 4.68. The predicted octanol–water partition coefficient (Wildman–Crippen LogP) is 1.39. The highest BCUT2D eigenvalue weighted by Crippen LogP contribution is 2.25. The Balaban J connectivity index is 1.84. The van der Waals surface area contributed by atoms with E-state index in [1.54, 1.807) is 18.5 Å². The molecule has 0 spiro atoms. The molecule has 0 aliphatic carbocycles. The number of fused-ring (bicyclic) bond motifs is 1. The number of ether oxygens (including phenoxy) is 1. The molecule has 1 amide bonds. The molecule has 6 heteroatoms. The third-order valence-electron chi connectivity index (χ3n) is 4.05. The maximum absolute atomic E-state index is 12.8. The van der Waals surface area contributed by atoms with Crippen LogP contribution in [0, 0.1) is 0 Å². The van der Waals surface area contributed by atoms with Gasteiger partial charge in [0.25, 0.3) is 5.91 Å². The highest BCUT2D eigenvalue weighted by atomic mass is 79.9. The molecule has 5 nitrogen and oxygen atoms in total. The second-order valence-corrected chi connectivity index (χ2v) is 6.24. The number of piperidine rings is 1. The SMILES string of the molecule is CN1CC[C@H]2OCCN(C(=O)c3ccncc3Br)[C@@H]2C1. The van der Waals surface area contributed by atoms with Gasteiger partial charge in [-0.25, -0.2) is 0 Å². The largest absolute Gasteiger partial charge is 0.374 e. The van der Waals surface area contributed by atoms with E-state index in [1.807, 2.05) is 4.90 Å². The van der Waals surface area contributed by atoms with E-state index in [0.29, 0.717) is 18.7 Å². The van der Waals surface area contributed by atoms with Crippen LogP contribution in [0.15, 0.2) is 22.9 Å². The number of amides is 1. The van der Waals surface area contributed by atoms with Gasteiger partial charge in [0.05, 0.1) is 24.3 Å². The van der Waals surface area contributed by atoms with Crippen molar-refractivity contribution in [2.24, 2.45) is 0 Å². The summed E-state index contributed by atoms with van der Waals surface area (Å²) in [6, 6.07) is 1.92. The van der Waals surface area contributed by atoms with Gasteiger partial charge in [-0.1, -0.05) is 0 Å². The van der Waals surface area contributed by atoms with Gasteiger partial charge in [0.1, 0.15) is 0 Å². The predicted molar refractivity (Wildman–Crippen MR) is 78.6 cm³/mol. The van der Waals surface area contributed by atoms with Crippen molar-refractivity contribution in [2.45, 2.75) is 18.6 Å². The van der Waals surface area contributed by atoms with E-state index in [4.69, 9.17) is 4.74 Å². The van der Waals surface area contributed by atoms with Gasteiger partial charge in [-0.2, -0.15) is 0 Å². The van der Waals surface area contributed by atoms with Crippen LogP contribution in [0.1, 0.15) is 16.8 Å². The second kappa shape index (κ2) is 5.79. The summed E-state index contributed by atoms with van der Waals surface area (Å²) in [4.78, 5) is 21.0. The number of carbonyl (C=O) groups excluding carboxylic acids is 1. The van der Waals surface area contributed by atoms with Crippen molar-refractivity contribution < 1.29 is 9.53 Å². The number of likely N-dealkylation sites (tertiary alicyclic amines) is 1. The Morgan fingerprint density at radius 3 is 3.15 bits per heavy atom. The molecule has 1 aromatic heterocycles. The van der Waals surface area contributed by atoms with Crippen LogP contribution < -0.4 is 0 Å². The Hall–Kier alpha value is -0.980. The molecule has 3 heterocycles. The molecule has 0 unspecified atom stereocenters. The highest BCUT2D eigenvalue weighted by molar-refractivity contribution is 9.10. The summed E-state index contributed by atoms with van der Waals surface area (Å²) in [5, 5.41) is 0. The van der Waals surface area contributed by atoms with Gasteiger partial charge < -0.3 is 14.5 Å². The minimum Gasteiger partial charge on any atom is -0.374 e. The molecular formula is C14H18BrN3O2. The van der Waals surface area contributed by atoms with Crippen LogP contribution in [0.3, 0.4) is 0 Å². The number of pyridine rings is 1. The van der Waals surface area contributed by atoms with Crippen molar-refractivity contribution in [3.8, 4) is 0 Å². The van der Waals surface area contributed by atoms with E-state index in [1.165, 1.54) is 0 Å². The summed E-state index contributed by atoms with van der Waals surface area (Å²) >= 11 is 3.41. The van der Waals surface area contributed by atoms with E-state index in [2.05, 4.69) is 32.9 Å². The lowest BCUT2D eigenvalue weighted by Gasteiger charge is -2.46. The van der Waals surface area contributed by atoms with Gasteiger partial charge in [-0.05, 0) is 35.5 Å². The number of aromatic nitrogens is 1. The van der Waals surface area contributed by atoms with E-state index < -0.39 is 0 Å². The number of hydrogen-bond donors (Lipinski definition) is 0. The molecule has 3 rings (SSSR count). The first kappa shape index (κ1) is 14.0. The summed E-state index contributed by atoms with van der Waals surface area (Å²) in [6.07, 6.45) is 4.48. The summed E-state index contributed by atoms with van der Waals surface area (Å²) in [6.45, 7) is 3.18. The number of nitrogens with zero attached hydrogens (tertiary/aromatic N) is 3. The van der Waals surface area contributed by atoms with Crippen LogP contribution in [0.5, 0.6) is 0 Å². The normalized spacial score (nSPS) is 27.2. The van der Waals surface area contributed by atoms with Gasteiger partial charge in [-0.3, -0.25) is 9.78 Å². The fraction of sp³-hybridized carbons (Fsp3) is 0.571. The van der Waals surface area contributed by atoms with Crippen LogP contribution in [0.4, 0.5) is 0 Å². The van der Waals surface area contributed by atoms with Crippen molar-refractivity contribution in [3.05, 3.63) is 28.5 Å². The summed E-state index contributed by atoms with van der Waals surface area (Å²) in [7, 11) is 2.09. The van der Waals surface area contributed by atoms with E-state index in [0.717, 1.165) is 24.0 Å². The molecule has 20 heavy (non-hydrogen) atoms. The average molecular weight is 340 g/mol. The standard InChI is InChI=1S/C14H18BrN3O2/c1-17-5-3-13-12(9-17)18(6-7-20-13)14(19)10-2-4-16-8-11(10)15/h2,4,8,12-13H,3,5-7,9H2,1H3/t12-,13-/m1/s1. The fourth-order valence-corrected chi connectivity index (χ4v) is 3.41. The van der Waals surface area contributed by atoms with Crippen LogP contribution >= 0.6 is 15.9 Å². The number of carbonyl (C=O) groups is 1. The fourth-order valence-electron chi connectivity index (χ4n) is 2.99. The zero-order chi connectivity index (χ0) is 14.1. The van der Waals surface area contributed by atoms with Crippen LogP contribution in [-0.4, -0.2) is 66.1 Å². The molecule has 0 N–H and O–H groups in total. The molecule has 0 aromatic carbocycles. The van der Waals surface area contributed by atoms with Crippen molar-refractivity contribution in [1.29, 1.82) is 0 Å². The van der Waals surface area contributed by atoms with Gasteiger partial charge in [-0.15, -0.1) is 0 Å². The zero-order valence-corrected chi connectivity index (χ0v) is 13.0. The number of morpholine rings is 1. The first-order chi connectivity index (χ1) is 9.66. The molecule has 0 bridgehead atoms. The Labute approximate surface area is 127 Å². The Morgan fingerprint density at radius 1 is 1.50 bits per heavy atom. The number of rotatable bonds is 1. The van der Waals surface area contributed by atoms with Gasteiger partial charge in [0.2, 0.25) is 0 Å². The Bertz CT molecular complexity index is 511. The lowest BCUT2D eigenvalue weighted by atomic mass is 9.98. The van der Waals surface area contributed by atoms with Crippen molar-refractivity contribution in [1.82, 2.24) is 14.8 Å². The van der Waals surface area contributed by atoms with Gasteiger partial charge in [0.15, 0.2) is 0 Å². The highest BCUT2D eigenvalue weighted by Gasteiger charge is 2.38. The lowest BCUT2D eigenvalue weighted by Crippen LogP contribution is -2.60. The first-order valence-electron chi connectivity index (χ1n) is 6.87. The zero-order valence-electron chi connectivity index (χ0n) is 11.5. The number of hydrogen-bond acceptors (Lipinski definition) is 4. The molecule has 2 saturated heterocycles. The molecule has 108 valence electrons. The molecule has 2 atom stereocenters. The molecule has 2 aliphatic heterocycles. The molecule has 0 radical (unpaired) electrons. The third kappa shape index (κ3) is 2.60. The smallest absolute Gasteiger partial charge is 0.255 e. The summed E-state index contributed by atoms with van der Waals surface area (Å²) in [5.74, 6) is 0.0628. The summed E-state index contributed by atoms with van der Waals surface area (Å²) < 4.78 is 6.58. The Kier molecular flexibility index (Phi) is 4.05. The maximum Gasteiger partial charge on any atom is 0.255 e.